The summed E-state index contributed by atoms with van der Waals surface area (Å²) in [7, 11) is 0. The minimum atomic E-state index is -2.62. The highest BCUT2D eigenvalue weighted by Crippen LogP contribution is 2.43. The van der Waals surface area contributed by atoms with Gasteiger partial charge in [0.15, 0.2) is 6.35 Å². The molecular formula is C32H33ClF2N6O2S. The molecule has 3 N–H and O–H groups in total. The van der Waals surface area contributed by atoms with Gasteiger partial charge in [-0.05, 0) is 81.1 Å². The molecule has 44 heavy (non-hydrogen) atoms. The van der Waals surface area contributed by atoms with Crippen molar-refractivity contribution in [3.05, 3.63) is 64.4 Å². The molecule has 1 aromatic carbocycles. The van der Waals surface area contributed by atoms with Crippen molar-refractivity contribution in [2.75, 3.05) is 19.6 Å². The van der Waals surface area contributed by atoms with Gasteiger partial charge in [-0.3, -0.25) is 4.98 Å². The van der Waals surface area contributed by atoms with Gasteiger partial charge in [0.25, 0.3) is 6.43 Å². The summed E-state index contributed by atoms with van der Waals surface area (Å²) in [6, 6.07) is 12.4. The lowest BCUT2D eigenvalue weighted by molar-refractivity contribution is -0.174. The Balaban J connectivity index is 1.25. The van der Waals surface area contributed by atoms with Crippen molar-refractivity contribution in [1.29, 1.82) is 5.26 Å². The molecular weight excluding hydrogens is 606 g/mol. The first-order valence-electron chi connectivity index (χ1n) is 14.9. The molecule has 4 aromatic rings. The molecule has 0 amide bonds. The molecule has 1 saturated heterocycles. The lowest BCUT2D eigenvalue weighted by atomic mass is 9.80. The van der Waals surface area contributed by atoms with Gasteiger partial charge in [-0.2, -0.15) is 5.26 Å². The van der Waals surface area contributed by atoms with Crippen molar-refractivity contribution in [2.45, 2.75) is 57.8 Å². The number of benzene rings is 1. The average molecular weight is 639 g/mol. The standard InChI is InChI=1S/C32H33ClF2N6O2S/c33-21-11-20-4-10-39(18-32(17-36)5-8-37-9-6-32)29(20)24(12-21)23-3-7-38-25-13-22(44-30(23)25)15-41-28(42)14-26(19-1-2-19)40(31(41)43)16-27(34)35/h3-4,7,10-14,19,27-28,31,37,42-43H,1-2,5-6,8-9,15-16,18H2. The molecule has 2 atom stereocenters. The Kier molecular flexibility index (Phi) is 7.85. The van der Waals surface area contributed by atoms with E-state index in [1.165, 1.54) is 21.1 Å². The number of allylic oxidation sites excluding steroid dienone is 1. The second kappa shape index (κ2) is 11.7. The van der Waals surface area contributed by atoms with E-state index >= 15 is 0 Å². The van der Waals surface area contributed by atoms with Crippen LogP contribution in [-0.4, -0.2) is 68.2 Å². The maximum absolute atomic E-state index is 13.5. The van der Waals surface area contributed by atoms with Gasteiger partial charge in [0.1, 0.15) is 6.23 Å². The zero-order chi connectivity index (χ0) is 30.6. The van der Waals surface area contributed by atoms with Gasteiger partial charge in [-0.15, -0.1) is 11.3 Å². The monoisotopic (exact) mass is 638 g/mol. The van der Waals surface area contributed by atoms with E-state index in [2.05, 4.69) is 20.9 Å². The van der Waals surface area contributed by atoms with Crippen molar-refractivity contribution in [2.24, 2.45) is 11.3 Å². The molecule has 2 aliphatic heterocycles. The zero-order valence-electron chi connectivity index (χ0n) is 24.0. The lowest BCUT2D eigenvalue weighted by Crippen LogP contribution is -2.56. The smallest absolute Gasteiger partial charge is 0.255 e. The fraction of sp³-hybridized carbons (Fsp3) is 0.438. The largest absolute Gasteiger partial charge is 0.374 e. The summed E-state index contributed by atoms with van der Waals surface area (Å²) in [4.78, 5) is 8.16. The number of aliphatic hydroxyl groups is 2. The Hall–Kier alpha value is -3.11. The molecule has 3 aliphatic rings. The minimum Gasteiger partial charge on any atom is -0.374 e. The maximum Gasteiger partial charge on any atom is 0.255 e. The van der Waals surface area contributed by atoms with Crippen molar-refractivity contribution < 1.29 is 19.0 Å². The highest BCUT2D eigenvalue weighted by molar-refractivity contribution is 7.19. The quantitative estimate of drug-likeness (QED) is 0.226. The molecule has 7 rings (SSSR count). The molecule has 5 heterocycles. The van der Waals surface area contributed by atoms with E-state index in [-0.39, 0.29) is 12.5 Å². The third-order valence-electron chi connectivity index (χ3n) is 9.08. The third-order valence-corrected chi connectivity index (χ3v) is 10.4. The van der Waals surface area contributed by atoms with E-state index in [9.17, 15) is 24.3 Å². The molecule has 1 saturated carbocycles. The van der Waals surface area contributed by atoms with Crippen LogP contribution in [0.5, 0.6) is 0 Å². The summed E-state index contributed by atoms with van der Waals surface area (Å²) < 4.78 is 30.0. The first kappa shape index (κ1) is 29.6. The van der Waals surface area contributed by atoms with Crippen molar-refractivity contribution in [3.8, 4) is 17.2 Å². The van der Waals surface area contributed by atoms with Crippen LogP contribution in [0.1, 0.15) is 30.6 Å². The second-order valence-corrected chi connectivity index (χ2v) is 13.7. The van der Waals surface area contributed by atoms with Crippen LogP contribution in [-0.2, 0) is 13.1 Å². The molecule has 2 unspecified atom stereocenters. The number of piperidine rings is 1. The number of nitrogens with one attached hydrogen (secondary N) is 1. The number of rotatable bonds is 8. The van der Waals surface area contributed by atoms with Crippen molar-refractivity contribution >= 4 is 44.1 Å². The molecule has 3 aromatic heterocycles. The number of nitriles is 1. The van der Waals surface area contributed by atoms with E-state index in [1.54, 1.807) is 12.3 Å². The van der Waals surface area contributed by atoms with Gasteiger partial charge >= 0.3 is 0 Å². The summed E-state index contributed by atoms with van der Waals surface area (Å²) in [6.07, 6.45) is 3.55. The lowest BCUT2D eigenvalue weighted by Gasteiger charge is -2.44. The average Bonchev–Trinajstić information content (AvgIpc) is 3.65. The first-order valence-corrected chi connectivity index (χ1v) is 16.1. The Bertz CT molecular complexity index is 1770. The molecule has 8 nitrogen and oxygen atoms in total. The van der Waals surface area contributed by atoms with Crippen molar-refractivity contribution in [3.63, 3.8) is 0 Å². The van der Waals surface area contributed by atoms with E-state index in [0.29, 0.717) is 17.3 Å². The molecule has 2 fully saturated rings. The molecule has 1 aliphatic carbocycles. The zero-order valence-corrected chi connectivity index (χ0v) is 25.5. The predicted molar refractivity (Wildman–Crippen MR) is 167 cm³/mol. The maximum atomic E-state index is 13.5. The molecule has 0 spiro atoms. The van der Waals surface area contributed by atoms with E-state index in [4.69, 9.17) is 11.6 Å². The Morgan fingerprint density at radius 3 is 2.68 bits per heavy atom. The summed E-state index contributed by atoms with van der Waals surface area (Å²) in [6.45, 7) is 1.75. The topological polar surface area (TPSA) is 101 Å². The fourth-order valence-electron chi connectivity index (χ4n) is 6.71. The molecule has 12 heteroatoms. The van der Waals surface area contributed by atoms with Gasteiger partial charge in [0, 0.05) is 57.6 Å². The number of halogens is 3. The minimum absolute atomic E-state index is 0.0996. The summed E-state index contributed by atoms with van der Waals surface area (Å²) in [5.41, 5.74) is 3.74. The number of fused-ring (bicyclic) bond motifs is 2. The Labute approximate surface area is 262 Å². The van der Waals surface area contributed by atoms with Crippen LogP contribution in [0.25, 0.3) is 32.2 Å². The molecule has 0 radical (unpaired) electrons. The number of hydrogen-bond donors (Lipinski definition) is 3. The number of nitrogens with zero attached hydrogens (tertiary/aromatic N) is 5. The predicted octanol–water partition coefficient (Wildman–Crippen LogP) is 5.74. The van der Waals surface area contributed by atoms with Crippen LogP contribution < -0.4 is 5.32 Å². The Morgan fingerprint density at radius 1 is 1.16 bits per heavy atom. The van der Waals surface area contributed by atoms with Gasteiger partial charge in [0.05, 0.1) is 33.8 Å². The van der Waals surface area contributed by atoms with Crippen LogP contribution in [0.15, 0.2) is 54.5 Å². The number of aromatic nitrogens is 2. The summed E-state index contributed by atoms with van der Waals surface area (Å²) >= 11 is 8.11. The summed E-state index contributed by atoms with van der Waals surface area (Å²) in [5.74, 6) is 0.0996. The number of hydrogen-bond acceptors (Lipinski definition) is 8. The summed E-state index contributed by atoms with van der Waals surface area (Å²) in [5, 5.41) is 37.2. The van der Waals surface area contributed by atoms with Crippen LogP contribution in [0.4, 0.5) is 8.78 Å². The number of alkyl halides is 2. The normalized spacial score (nSPS) is 22.6. The van der Waals surface area contributed by atoms with Crippen LogP contribution in [0, 0.1) is 22.7 Å². The van der Waals surface area contributed by atoms with Gasteiger partial charge in [-0.1, -0.05) is 11.6 Å². The molecule has 0 bridgehead atoms. The third kappa shape index (κ3) is 5.49. The van der Waals surface area contributed by atoms with Crippen LogP contribution in [0.2, 0.25) is 5.02 Å². The fourth-order valence-corrected chi connectivity index (χ4v) is 8.09. The van der Waals surface area contributed by atoms with Gasteiger partial charge in [0.2, 0.25) is 0 Å². The van der Waals surface area contributed by atoms with E-state index in [0.717, 1.165) is 75.9 Å². The SMILES string of the molecule is N#CC1(Cn2ccc3cc(Cl)cc(-c4ccnc5cc(CN6C(O)C=C(C7CC7)N(CC(F)F)C6O)sc45)c32)CCNCC1. The van der Waals surface area contributed by atoms with E-state index < -0.39 is 31.0 Å². The van der Waals surface area contributed by atoms with Crippen LogP contribution in [0.3, 0.4) is 0 Å². The van der Waals surface area contributed by atoms with Crippen molar-refractivity contribution in [1.82, 2.24) is 24.7 Å². The first-order chi connectivity index (χ1) is 21.2. The van der Waals surface area contributed by atoms with Gasteiger partial charge in [-0.25, -0.2) is 13.7 Å². The highest BCUT2D eigenvalue weighted by Gasteiger charge is 2.41. The number of thiophene rings is 1. The van der Waals surface area contributed by atoms with E-state index in [1.807, 2.05) is 36.5 Å². The second-order valence-electron chi connectivity index (χ2n) is 12.1. The highest BCUT2D eigenvalue weighted by atomic mass is 35.5. The number of aliphatic hydroxyl groups excluding tert-OH is 2. The van der Waals surface area contributed by atoms with Gasteiger partial charge < -0.3 is 25.0 Å². The number of pyridine rings is 1. The molecule has 230 valence electrons. The van der Waals surface area contributed by atoms with Crippen LogP contribution >= 0.6 is 22.9 Å². The Morgan fingerprint density at radius 2 is 1.95 bits per heavy atom.